The first-order chi connectivity index (χ1) is 14.6. The third-order valence-electron chi connectivity index (χ3n) is 6.35. The minimum absolute atomic E-state index is 0.165. The summed E-state index contributed by atoms with van der Waals surface area (Å²) in [5.74, 6) is 2.06. The fraction of sp³-hybridized carbons (Fsp3) is 0.520. The SMILES string of the molecule is CC1CN(CC2(CN3Cc4ccccc4OC(C)C3)COC2)Cc2ccccc2O1. The Morgan fingerprint density at radius 1 is 0.767 bits per heavy atom. The van der Waals surface area contributed by atoms with Crippen molar-refractivity contribution in [3.05, 3.63) is 59.7 Å². The van der Waals surface area contributed by atoms with Crippen LogP contribution in [0.4, 0.5) is 0 Å². The Morgan fingerprint density at radius 3 is 1.67 bits per heavy atom. The lowest BCUT2D eigenvalue weighted by molar-refractivity contribution is -0.142. The first kappa shape index (κ1) is 19.9. The van der Waals surface area contributed by atoms with Crippen molar-refractivity contribution in [3.8, 4) is 11.5 Å². The van der Waals surface area contributed by atoms with E-state index in [1.165, 1.54) is 11.1 Å². The van der Waals surface area contributed by atoms with Crippen LogP contribution < -0.4 is 9.47 Å². The molecule has 2 unspecified atom stereocenters. The van der Waals surface area contributed by atoms with Crippen LogP contribution in [0.25, 0.3) is 0 Å². The molecule has 0 amide bonds. The second-order valence-electron chi connectivity index (χ2n) is 9.40. The average molecular weight is 409 g/mol. The smallest absolute Gasteiger partial charge is 0.124 e. The standard InChI is InChI=1S/C25H32N2O3/c1-19-11-26(13-21-7-3-5-9-23(21)29-19)15-25(17-28-18-25)16-27-12-20(2)30-24-10-6-4-8-22(24)14-27/h3-10,19-20H,11-18H2,1-2H3. The monoisotopic (exact) mass is 408 g/mol. The van der Waals surface area contributed by atoms with E-state index in [0.29, 0.717) is 0 Å². The largest absolute Gasteiger partial charge is 0.489 e. The summed E-state index contributed by atoms with van der Waals surface area (Å²) in [4.78, 5) is 5.12. The van der Waals surface area contributed by atoms with E-state index >= 15 is 0 Å². The predicted octanol–water partition coefficient (Wildman–Crippen LogP) is 3.57. The van der Waals surface area contributed by atoms with Crippen LogP contribution in [0, 0.1) is 5.41 Å². The summed E-state index contributed by atoms with van der Waals surface area (Å²) in [6, 6.07) is 16.9. The highest BCUT2D eigenvalue weighted by Gasteiger charge is 2.43. The van der Waals surface area contributed by atoms with Crippen LogP contribution >= 0.6 is 0 Å². The van der Waals surface area contributed by atoms with Crippen LogP contribution in [-0.2, 0) is 17.8 Å². The van der Waals surface area contributed by atoms with Crippen LogP contribution in [0.5, 0.6) is 11.5 Å². The maximum Gasteiger partial charge on any atom is 0.124 e. The summed E-state index contributed by atoms with van der Waals surface area (Å²) in [5.41, 5.74) is 2.73. The molecule has 1 fully saturated rings. The zero-order valence-electron chi connectivity index (χ0n) is 18.0. The van der Waals surface area contributed by atoms with Gasteiger partial charge in [0.1, 0.15) is 23.7 Å². The van der Waals surface area contributed by atoms with Gasteiger partial charge in [0.25, 0.3) is 0 Å². The van der Waals surface area contributed by atoms with E-state index in [9.17, 15) is 0 Å². The molecule has 3 heterocycles. The van der Waals surface area contributed by atoms with Gasteiger partial charge in [-0.25, -0.2) is 0 Å². The lowest BCUT2D eigenvalue weighted by Gasteiger charge is -2.47. The Morgan fingerprint density at radius 2 is 1.23 bits per heavy atom. The number of benzene rings is 2. The normalized spacial score (nSPS) is 26.2. The first-order valence-electron chi connectivity index (χ1n) is 11.1. The molecule has 2 atom stereocenters. The van der Waals surface area contributed by atoms with Gasteiger partial charge in [0, 0.05) is 55.8 Å². The maximum atomic E-state index is 6.17. The van der Waals surface area contributed by atoms with Crippen LogP contribution in [-0.4, -0.2) is 61.4 Å². The number of hydrogen-bond acceptors (Lipinski definition) is 5. The quantitative estimate of drug-likeness (QED) is 0.773. The van der Waals surface area contributed by atoms with Gasteiger partial charge < -0.3 is 14.2 Å². The van der Waals surface area contributed by atoms with Gasteiger partial charge in [0.2, 0.25) is 0 Å². The van der Waals surface area contributed by atoms with Gasteiger partial charge in [-0.2, -0.15) is 0 Å². The van der Waals surface area contributed by atoms with E-state index in [4.69, 9.17) is 14.2 Å². The van der Waals surface area contributed by atoms with Crippen molar-refractivity contribution in [2.75, 3.05) is 39.4 Å². The van der Waals surface area contributed by atoms with Gasteiger partial charge in [0.05, 0.1) is 13.2 Å². The summed E-state index contributed by atoms with van der Waals surface area (Å²) >= 11 is 0. The molecule has 0 spiro atoms. The molecule has 3 aliphatic heterocycles. The summed E-state index contributed by atoms with van der Waals surface area (Å²) in [6.07, 6.45) is 0.371. The minimum Gasteiger partial charge on any atom is -0.489 e. The highest BCUT2D eigenvalue weighted by atomic mass is 16.5. The maximum absolute atomic E-state index is 6.17. The Balaban J connectivity index is 1.31. The molecule has 0 aliphatic carbocycles. The molecule has 0 radical (unpaired) electrons. The number of ether oxygens (including phenoxy) is 3. The molecule has 0 N–H and O–H groups in total. The van der Waals surface area contributed by atoms with Gasteiger partial charge in [-0.15, -0.1) is 0 Å². The number of nitrogens with zero attached hydrogens (tertiary/aromatic N) is 2. The fourth-order valence-corrected chi connectivity index (χ4v) is 5.16. The van der Waals surface area contributed by atoms with Crippen LogP contribution in [0.1, 0.15) is 25.0 Å². The topological polar surface area (TPSA) is 34.2 Å². The van der Waals surface area contributed by atoms with Gasteiger partial charge >= 0.3 is 0 Å². The second-order valence-corrected chi connectivity index (χ2v) is 9.40. The van der Waals surface area contributed by atoms with E-state index in [2.05, 4.69) is 72.2 Å². The number of fused-ring (bicyclic) bond motifs is 2. The summed E-state index contributed by atoms with van der Waals surface area (Å²) in [7, 11) is 0. The Kier molecular flexibility index (Phi) is 5.44. The van der Waals surface area contributed by atoms with Gasteiger partial charge in [-0.3, -0.25) is 9.80 Å². The fourth-order valence-electron chi connectivity index (χ4n) is 5.16. The van der Waals surface area contributed by atoms with Crippen LogP contribution in [0.3, 0.4) is 0 Å². The molecule has 160 valence electrons. The first-order valence-corrected chi connectivity index (χ1v) is 11.1. The van der Waals surface area contributed by atoms with Gasteiger partial charge in [-0.05, 0) is 26.0 Å². The molecule has 5 nitrogen and oxygen atoms in total. The molecule has 2 aromatic carbocycles. The zero-order valence-corrected chi connectivity index (χ0v) is 18.0. The summed E-state index contributed by atoms with van der Waals surface area (Å²) in [5, 5.41) is 0. The summed E-state index contributed by atoms with van der Waals surface area (Å²) in [6.45, 7) is 11.8. The van der Waals surface area contributed by atoms with E-state index in [1.807, 2.05) is 0 Å². The van der Waals surface area contributed by atoms with E-state index in [-0.39, 0.29) is 17.6 Å². The van der Waals surface area contributed by atoms with Crippen molar-refractivity contribution < 1.29 is 14.2 Å². The Bertz CT molecular complexity index is 815. The van der Waals surface area contributed by atoms with E-state index < -0.39 is 0 Å². The van der Waals surface area contributed by atoms with Crippen LogP contribution in [0.2, 0.25) is 0 Å². The number of hydrogen-bond donors (Lipinski definition) is 0. The third-order valence-corrected chi connectivity index (χ3v) is 6.35. The van der Waals surface area contributed by atoms with Crippen molar-refractivity contribution >= 4 is 0 Å². The molecule has 5 rings (SSSR count). The third kappa shape index (κ3) is 4.20. The molecular weight excluding hydrogens is 376 g/mol. The molecule has 0 bridgehead atoms. The highest BCUT2D eigenvalue weighted by molar-refractivity contribution is 5.35. The number of rotatable bonds is 4. The minimum atomic E-state index is 0.165. The van der Waals surface area contributed by atoms with Gasteiger partial charge in [0.15, 0.2) is 0 Å². The molecule has 0 aromatic heterocycles. The van der Waals surface area contributed by atoms with Crippen molar-refractivity contribution in [1.82, 2.24) is 9.80 Å². The van der Waals surface area contributed by atoms with Crippen molar-refractivity contribution in [2.45, 2.75) is 39.1 Å². The lowest BCUT2D eigenvalue weighted by Crippen LogP contribution is -2.57. The molecular formula is C25H32N2O3. The molecule has 0 saturated carbocycles. The Labute approximate surface area is 179 Å². The lowest BCUT2D eigenvalue weighted by atomic mass is 9.84. The summed E-state index contributed by atoms with van der Waals surface area (Å²) < 4.78 is 18.1. The molecule has 3 aliphatic rings. The van der Waals surface area contributed by atoms with E-state index in [0.717, 1.165) is 64.0 Å². The van der Waals surface area contributed by atoms with Crippen molar-refractivity contribution in [3.63, 3.8) is 0 Å². The molecule has 1 saturated heterocycles. The highest BCUT2D eigenvalue weighted by Crippen LogP contribution is 2.34. The van der Waals surface area contributed by atoms with Crippen LogP contribution in [0.15, 0.2) is 48.5 Å². The predicted molar refractivity (Wildman–Crippen MR) is 117 cm³/mol. The van der Waals surface area contributed by atoms with Crippen molar-refractivity contribution in [1.29, 1.82) is 0 Å². The molecule has 5 heteroatoms. The van der Waals surface area contributed by atoms with Crippen molar-refractivity contribution in [2.24, 2.45) is 5.41 Å². The van der Waals surface area contributed by atoms with E-state index in [1.54, 1.807) is 0 Å². The molecule has 2 aromatic rings. The average Bonchev–Trinajstić information content (AvgIpc) is 2.94. The molecule has 30 heavy (non-hydrogen) atoms. The number of para-hydroxylation sites is 2. The Hall–Kier alpha value is -2.08. The van der Waals surface area contributed by atoms with Gasteiger partial charge in [-0.1, -0.05) is 36.4 Å². The zero-order chi connectivity index (χ0) is 20.6. The second kappa shape index (κ2) is 8.22.